The van der Waals surface area contributed by atoms with Crippen LogP contribution >= 0.6 is 0 Å². The third-order valence-electron chi connectivity index (χ3n) is 5.46. The Balaban J connectivity index is 1.66. The van der Waals surface area contributed by atoms with Crippen molar-refractivity contribution in [3.05, 3.63) is 29.8 Å². The Morgan fingerprint density at radius 2 is 2.04 bits per heavy atom. The molecule has 1 aromatic carbocycles. The number of piperidine rings is 1. The molecule has 26 heavy (non-hydrogen) atoms. The molecule has 0 aliphatic carbocycles. The van der Waals surface area contributed by atoms with Crippen molar-refractivity contribution < 1.29 is 14.6 Å². The molecule has 0 aromatic heterocycles. The first kappa shape index (κ1) is 19.1. The molecule has 144 valence electrons. The summed E-state index contributed by atoms with van der Waals surface area (Å²) in [6, 6.07) is 8.58. The van der Waals surface area contributed by atoms with Crippen molar-refractivity contribution in [2.75, 3.05) is 53.5 Å². The van der Waals surface area contributed by atoms with E-state index < -0.39 is 0 Å². The Morgan fingerprint density at radius 1 is 1.23 bits per heavy atom. The minimum absolute atomic E-state index is 0.0254. The zero-order chi connectivity index (χ0) is 18.5. The Hall–Kier alpha value is -1.63. The van der Waals surface area contributed by atoms with Gasteiger partial charge in [-0.05, 0) is 24.8 Å². The molecule has 6 nitrogen and oxygen atoms in total. The van der Waals surface area contributed by atoms with Gasteiger partial charge in [-0.3, -0.25) is 14.6 Å². The molecule has 0 saturated carbocycles. The first-order valence-electron chi connectivity index (χ1n) is 9.55. The number of likely N-dealkylation sites (N-methyl/N-ethyl adjacent to an activating group) is 1. The second kappa shape index (κ2) is 8.84. The molecule has 3 aliphatic heterocycles. The average molecular weight is 361 g/mol. The van der Waals surface area contributed by atoms with E-state index >= 15 is 0 Å². The summed E-state index contributed by atoms with van der Waals surface area (Å²) in [4.78, 5) is 18.7. The fourth-order valence-corrected chi connectivity index (χ4v) is 4.08. The fourth-order valence-electron chi connectivity index (χ4n) is 4.08. The van der Waals surface area contributed by atoms with Crippen molar-refractivity contribution in [1.82, 2.24) is 14.7 Å². The normalized spacial score (nSPS) is 23.7. The molecule has 3 fully saturated rings. The van der Waals surface area contributed by atoms with Gasteiger partial charge in [0.05, 0.1) is 13.2 Å². The van der Waals surface area contributed by atoms with Crippen LogP contribution in [0.2, 0.25) is 0 Å². The zero-order valence-corrected chi connectivity index (χ0v) is 15.9. The Morgan fingerprint density at radius 3 is 2.81 bits per heavy atom. The molecule has 4 rings (SSSR count). The van der Waals surface area contributed by atoms with E-state index in [-0.39, 0.29) is 12.5 Å². The fraction of sp³-hybridized carbons (Fsp3) is 0.650. The second-order valence-corrected chi connectivity index (χ2v) is 7.69. The number of hydrogen-bond donors (Lipinski definition) is 1. The largest absolute Gasteiger partial charge is 0.491 e. The summed E-state index contributed by atoms with van der Waals surface area (Å²) in [5.74, 6) is 1.66. The van der Waals surface area contributed by atoms with Crippen LogP contribution in [0.5, 0.6) is 5.75 Å². The smallest absolute Gasteiger partial charge is 0.236 e. The van der Waals surface area contributed by atoms with Crippen molar-refractivity contribution >= 4 is 5.91 Å². The van der Waals surface area contributed by atoms with Gasteiger partial charge >= 0.3 is 0 Å². The van der Waals surface area contributed by atoms with Gasteiger partial charge < -0.3 is 14.7 Å². The van der Waals surface area contributed by atoms with Crippen LogP contribution in [0.25, 0.3) is 0 Å². The number of ether oxygens (including phenoxy) is 1. The Kier molecular flexibility index (Phi) is 6.51. The molecule has 0 unspecified atom stereocenters. The summed E-state index contributed by atoms with van der Waals surface area (Å²) in [5.41, 5.74) is 1.17. The maximum absolute atomic E-state index is 12.1. The number of aliphatic hydroxyl groups excluding tert-OH is 1. The number of benzene rings is 1. The number of rotatable bonds is 7. The number of amides is 1. The highest BCUT2D eigenvalue weighted by Gasteiger charge is 2.35. The maximum Gasteiger partial charge on any atom is 0.236 e. The molecule has 3 saturated heterocycles. The third kappa shape index (κ3) is 4.75. The van der Waals surface area contributed by atoms with E-state index in [0.29, 0.717) is 25.1 Å². The van der Waals surface area contributed by atoms with Crippen molar-refractivity contribution in [3.8, 4) is 5.75 Å². The van der Waals surface area contributed by atoms with Gasteiger partial charge in [0.1, 0.15) is 12.4 Å². The predicted octanol–water partition coefficient (Wildman–Crippen LogP) is 1.04. The highest BCUT2D eigenvalue weighted by Crippen LogP contribution is 2.30. The lowest BCUT2D eigenvalue weighted by atomic mass is 9.94. The van der Waals surface area contributed by atoms with Crippen molar-refractivity contribution in [2.45, 2.75) is 25.4 Å². The minimum atomic E-state index is 0.0254. The first-order valence-corrected chi connectivity index (χ1v) is 9.55. The van der Waals surface area contributed by atoms with E-state index in [1.807, 2.05) is 32.3 Å². The maximum atomic E-state index is 12.1. The van der Waals surface area contributed by atoms with Gasteiger partial charge in [0, 0.05) is 51.9 Å². The number of carbonyl (C=O) groups excluding carboxylic acids is 1. The van der Waals surface area contributed by atoms with Crippen LogP contribution in [-0.4, -0.2) is 85.2 Å². The lowest BCUT2D eigenvalue weighted by molar-refractivity contribution is -0.130. The number of aliphatic hydroxyl groups is 1. The average Bonchev–Trinajstić information content (AvgIpc) is 2.91. The molecular formula is C20H31N3O3. The standard InChI is InChI=1S/C20H31N3O3/c1-21(2)20(25)15-22-11-16-7-8-18(14-22)23(12-16)13-17-5-3-4-6-19(17)26-10-9-24/h3-6,16,18,24H,7-15H2,1-2H3/t16-,18+/m1/s1. The Bertz CT molecular complexity index is 608. The summed E-state index contributed by atoms with van der Waals surface area (Å²) in [5, 5.41) is 9.03. The van der Waals surface area contributed by atoms with Crippen LogP contribution < -0.4 is 4.74 Å². The number of para-hydroxylation sites is 1. The van der Waals surface area contributed by atoms with Crippen LogP contribution in [-0.2, 0) is 11.3 Å². The topological polar surface area (TPSA) is 56.3 Å². The van der Waals surface area contributed by atoms with Gasteiger partial charge in [-0.15, -0.1) is 0 Å². The highest BCUT2D eigenvalue weighted by atomic mass is 16.5. The molecule has 1 N–H and O–H groups in total. The molecule has 3 aliphatic rings. The monoisotopic (exact) mass is 361 g/mol. The van der Waals surface area contributed by atoms with E-state index in [4.69, 9.17) is 9.84 Å². The molecule has 0 radical (unpaired) electrons. The first-order chi connectivity index (χ1) is 12.6. The quantitative estimate of drug-likeness (QED) is 0.787. The van der Waals surface area contributed by atoms with Crippen LogP contribution in [0.1, 0.15) is 18.4 Å². The number of carbonyl (C=O) groups is 1. The third-order valence-corrected chi connectivity index (χ3v) is 5.46. The lowest BCUT2D eigenvalue weighted by Gasteiger charge is -2.36. The van der Waals surface area contributed by atoms with E-state index in [0.717, 1.165) is 31.9 Å². The molecule has 2 bridgehead atoms. The van der Waals surface area contributed by atoms with Crippen molar-refractivity contribution in [2.24, 2.45) is 5.92 Å². The van der Waals surface area contributed by atoms with E-state index in [1.54, 1.807) is 4.90 Å². The van der Waals surface area contributed by atoms with Gasteiger partial charge in [-0.25, -0.2) is 0 Å². The molecule has 2 atom stereocenters. The van der Waals surface area contributed by atoms with Crippen LogP contribution in [0, 0.1) is 5.92 Å². The highest BCUT2D eigenvalue weighted by molar-refractivity contribution is 5.77. The van der Waals surface area contributed by atoms with Crippen LogP contribution in [0.15, 0.2) is 24.3 Å². The summed E-state index contributed by atoms with van der Waals surface area (Å²) in [6.07, 6.45) is 2.44. The van der Waals surface area contributed by atoms with Crippen molar-refractivity contribution in [3.63, 3.8) is 0 Å². The van der Waals surface area contributed by atoms with Gasteiger partial charge in [-0.2, -0.15) is 0 Å². The second-order valence-electron chi connectivity index (χ2n) is 7.69. The SMILES string of the molecule is CN(C)C(=O)CN1C[C@H]2CC[C@@H](C1)N(Cc1ccccc1OCCO)C2. The zero-order valence-electron chi connectivity index (χ0n) is 15.9. The number of nitrogens with zero attached hydrogens (tertiary/aromatic N) is 3. The molecule has 3 heterocycles. The number of fused-ring (bicyclic) bond motifs is 4. The Labute approximate surface area is 156 Å². The molecule has 1 aromatic rings. The van der Waals surface area contributed by atoms with Gasteiger partial charge in [-0.1, -0.05) is 18.2 Å². The lowest BCUT2D eigenvalue weighted by Crippen LogP contribution is -2.44. The molecule has 1 amide bonds. The van der Waals surface area contributed by atoms with Gasteiger partial charge in [0.15, 0.2) is 0 Å². The molecular weight excluding hydrogens is 330 g/mol. The van der Waals surface area contributed by atoms with E-state index in [1.165, 1.54) is 18.4 Å². The number of hydrogen-bond acceptors (Lipinski definition) is 5. The molecule has 0 spiro atoms. The summed E-state index contributed by atoms with van der Waals surface area (Å²) in [7, 11) is 3.65. The molecule has 6 heteroatoms. The van der Waals surface area contributed by atoms with Crippen molar-refractivity contribution in [1.29, 1.82) is 0 Å². The van der Waals surface area contributed by atoms with E-state index in [2.05, 4.69) is 15.9 Å². The summed E-state index contributed by atoms with van der Waals surface area (Å²) < 4.78 is 5.70. The van der Waals surface area contributed by atoms with E-state index in [9.17, 15) is 4.79 Å². The van der Waals surface area contributed by atoms with Crippen LogP contribution in [0.3, 0.4) is 0 Å². The predicted molar refractivity (Wildman–Crippen MR) is 101 cm³/mol. The summed E-state index contributed by atoms with van der Waals surface area (Å²) in [6.45, 7) is 4.76. The minimum Gasteiger partial charge on any atom is -0.491 e. The van der Waals surface area contributed by atoms with Gasteiger partial charge in [0.2, 0.25) is 5.91 Å². The summed E-state index contributed by atoms with van der Waals surface area (Å²) >= 11 is 0. The van der Waals surface area contributed by atoms with Gasteiger partial charge in [0.25, 0.3) is 0 Å². The van der Waals surface area contributed by atoms with Crippen LogP contribution in [0.4, 0.5) is 0 Å².